The Morgan fingerprint density at radius 1 is 1.16 bits per heavy atom. The molecule has 2 aliphatic heterocycles. The minimum atomic E-state index is -4.21. The molecular weight excluding hydrogens is 582 g/mol. The highest BCUT2D eigenvalue weighted by Gasteiger charge is 2.63. The highest BCUT2D eigenvalue weighted by atomic mass is 32.2. The van der Waals surface area contributed by atoms with Crippen LogP contribution in [0, 0.1) is 21.4 Å². The van der Waals surface area contributed by atoms with Crippen LogP contribution in [0.2, 0.25) is 0 Å². The average Bonchev–Trinajstić information content (AvgIpc) is 3.63. The van der Waals surface area contributed by atoms with Gasteiger partial charge in [-0.05, 0) is 56.0 Å². The number of amides is 2. The van der Waals surface area contributed by atoms with Gasteiger partial charge >= 0.3 is 5.97 Å². The van der Waals surface area contributed by atoms with E-state index in [1.807, 2.05) is 6.07 Å². The smallest absolute Gasteiger partial charge is 0.328 e. The second kappa shape index (κ2) is 11.6. The number of carbonyl (C=O) groups is 3. The molecule has 2 amide bonds. The zero-order valence-electron chi connectivity index (χ0n) is 23.2. The first-order valence-electron chi connectivity index (χ1n) is 13.6. The minimum absolute atomic E-state index is 0.126. The van der Waals surface area contributed by atoms with Crippen molar-refractivity contribution in [2.45, 2.75) is 48.2 Å². The lowest BCUT2D eigenvalue weighted by Gasteiger charge is -2.43. The SMILES string of the molecule is COC(=O)[C@@H]1CCCN1C(=O)[C@H](COc1cccc(C#N)c1)N1CCN(S(=O)(=O)c2ccc([N+](=O)[O-])cc2)C2(CC2)C1=O. The maximum Gasteiger partial charge on any atom is 0.328 e. The van der Waals surface area contributed by atoms with Crippen LogP contribution in [0.4, 0.5) is 5.69 Å². The minimum Gasteiger partial charge on any atom is -0.491 e. The summed E-state index contributed by atoms with van der Waals surface area (Å²) in [5, 5.41) is 20.3. The number of likely N-dealkylation sites (tertiary alicyclic amines) is 1. The molecule has 0 radical (unpaired) electrons. The summed E-state index contributed by atoms with van der Waals surface area (Å²) in [6.07, 6.45) is 1.42. The van der Waals surface area contributed by atoms with Gasteiger partial charge in [0, 0.05) is 31.8 Å². The fourth-order valence-corrected chi connectivity index (χ4v) is 7.49. The normalized spacial score (nSPS) is 20.4. The number of hydrogen-bond acceptors (Lipinski definition) is 10. The average molecular weight is 612 g/mol. The molecule has 15 heteroatoms. The second-order valence-corrected chi connectivity index (χ2v) is 12.4. The van der Waals surface area contributed by atoms with Crippen molar-refractivity contribution in [3.63, 3.8) is 0 Å². The van der Waals surface area contributed by atoms with Crippen LogP contribution in [0.15, 0.2) is 53.4 Å². The largest absolute Gasteiger partial charge is 0.491 e. The van der Waals surface area contributed by atoms with Gasteiger partial charge in [-0.1, -0.05) is 6.07 Å². The topological polar surface area (TPSA) is 180 Å². The number of nitro benzene ring substituents is 1. The first-order chi connectivity index (χ1) is 20.5. The third-order valence-electron chi connectivity index (χ3n) is 8.08. The van der Waals surface area contributed by atoms with Gasteiger partial charge in [-0.2, -0.15) is 9.57 Å². The third kappa shape index (κ3) is 5.51. The molecule has 3 fully saturated rings. The molecule has 2 aromatic rings. The van der Waals surface area contributed by atoms with Gasteiger partial charge in [0.15, 0.2) is 0 Å². The van der Waals surface area contributed by atoms with Crippen molar-refractivity contribution < 1.29 is 37.2 Å². The van der Waals surface area contributed by atoms with E-state index in [9.17, 15) is 38.2 Å². The number of nitrogens with zero attached hydrogens (tertiary/aromatic N) is 5. The number of non-ortho nitro benzene ring substituents is 1. The van der Waals surface area contributed by atoms with Crippen molar-refractivity contribution in [2.75, 3.05) is 33.4 Å². The molecule has 1 saturated carbocycles. The lowest BCUT2D eigenvalue weighted by molar-refractivity contribution is -0.384. The number of nitriles is 1. The Morgan fingerprint density at radius 2 is 1.88 bits per heavy atom. The molecule has 2 atom stereocenters. The molecule has 1 spiro atoms. The van der Waals surface area contributed by atoms with Gasteiger partial charge in [0.05, 0.1) is 28.6 Å². The van der Waals surface area contributed by atoms with E-state index in [0.29, 0.717) is 24.2 Å². The monoisotopic (exact) mass is 611 g/mol. The molecule has 5 rings (SSSR count). The van der Waals surface area contributed by atoms with Crippen LogP contribution in [0.3, 0.4) is 0 Å². The summed E-state index contributed by atoms with van der Waals surface area (Å²) in [6, 6.07) is 10.7. The molecule has 43 heavy (non-hydrogen) atoms. The molecule has 1 aliphatic carbocycles. The van der Waals surface area contributed by atoms with Gasteiger partial charge < -0.3 is 19.3 Å². The van der Waals surface area contributed by atoms with Crippen LogP contribution in [-0.2, 0) is 29.1 Å². The first-order valence-corrected chi connectivity index (χ1v) is 15.1. The highest BCUT2D eigenvalue weighted by Crippen LogP contribution is 2.48. The number of rotatable bonds is 9. The van der Waals surface area contributed by atoms with Gasteiger partial charge in [0.1, 0.15) is 30.0 Å². The van der Waals surface area contributed by atoms with E-state index in [2.05, 4.69) is 0 Å². The Labute approximate surface area is 247 Å². The standard InChI is InChI=1S/C28H29N5O9S/c1-41-26(35)23-6-3-13-30(23)25(34)24(18-42-21-5-2-4-19(16-21)17-29)31-14-15-32(28(11-12-28)27(31)36)43(39,40)22-9-7-20(8-10-22)33(37)38/h2,4-5,7-10,16,23-24H,3,6,11-15,18H2,1H3/t23-,24-/m0/s1. The molecular formula is C28H29N5O9S. The van der Waals surface area contributed by atoms with E-state index in [4.69, 9.17) is 9.47 Å². The summed E-state index contributed by atoms with van der Waals surface area (Å²) in [7, 11) is -2.98. The molecule has 2 saturated heterocycles. The number of methoxy groups -OCH3 is 1. The molecule has 14 nitrogen and oxygen atoms in total. The Morgan fingerprint density at radius 3 is 2.51 bits per heavy atom. The van der Waals surface area contributed by atoms with Gasteiger partial charge in [0.25, 0.3) is 5.69 Å². The lowest BCUT2D eigenvalue weighted by Crippen LogP contribution is -2.66. The van der Waals surface area contributed by atoms with E-state index < -0.39 is 50.4 Å². The van der Waals surface area contributed by atoms with Crippen molar-refractivity contribution in [3.8, 4) is 11.8 Å². The summed E-state index contributed by atoms with van der Waals surface area (Å²) in [5.74, 6) is -1.36. The maximum atomic E-state index is 14.1. The van der Waals surface area contributed by atoms with Crippen molar-refractivity contribution in [1.29, 1.82) is 5.26 Å². The Bertz CT molecular complexity index is 1600. The molecule has 3 aliphatic rings. The van der Waals surface area contributed by atoms with E-state index >= 15 is 0 Å². The van der Waals surface area contributed by atoms with Crippen molar-refractivity contribution in [3.05, 3.63) is 64.2 Å². The number of esters is 1. The fourth-order valence-electron chi connectivity index (χ4n) is 5.71. The quantitative estimate of drug-likeness (QED) is 0.229. The number of piperazine rings is 1. The molecule has 2 aromatic carbocycles. The molecule has 2 heterocycles. The lowest BCUT2D eigenvalue weighted by atomic mass is 10.1. The van der Waals surface area contributed by atoms with E-state index in [-0.39, 0.29) is 49.7 Å². The molecule has 0 N–H and O–H groups in total. The number of hydrogen-bond donors (Lipinski definition) is 0. The third-order valence-corrected chi connectivity index (χ3v) is 10.1. The van der Waals surface area contributed by atoms with Crippen LogP contribution in [0.25, 0.3) is 0 Å². The fraction of sp³-hybridized carbons (Fsp3) is 0.429. The molecule has 0 bridgehead atoms. The van der Waals surface area contributed by atoms with Crippen LogP contribution in [0.1, 0.15) is 31.2 Å². The summed E-state index contributed by atoms with van der Waals surface area (Å²) in [6.45, 7) is -0.289. The van der Waals surface area contributed by atoms with E-state index in [0.717, 1.165) is 28.6 Å². The summed E-state index contributed by atoms with van der Waals surface area (Å²) in [4.78, 5) is 53.4. The van der Waals surface area contributed by atoms with Crippen LogP contribution in [0.5, 0.6) is 5.75 Å². The van der Waals surface area contributed by atoms with Crippen LogP contribution in [-0.4, -0.2) is 96.2 Å². The predicted molar refractivity (Wildman–Crippen MR) is 148 cm³/mol. The number of carbonyl (C=O) groups excluding carboxylic acids is 3. The van der Waals surface area contributed by atoms with Gasteiger partial charge in [0.2, 0.25) is 21.8 Å². The number of sulfonamides is 1. The van der Waals surface area contributed by atoms with Crippen molar-refractivity contribution in [2.24, 2.45) is 0 Å². The summed E-state index contributed by atoms with van der Waals surface area (Å²) < 4.78 is 39.1. The Hall–Kier alpha value is -4.55. The number of nitro groups is 1. The van der Waals surface area contributed by atoms with Gasteiger partial charge in [-0.15, -0.1) is 0 Å². The molecule has 0 aromatic heterocycles. The Kier molecular flexibility index (Phi) is 8.08. The summed E-state index contributed by atoms with van der Waals surface area (Å²) in [5.41, 5.74) is -1.34. The van der Waals surface area contributed by atoms with Crippen molar-refractivity contribution >= 4 is 33.5 Å². The number of ether oxygens (including phenoxy) is 2. The zero-order chi connectivity index (χ0) is 30.9. The van der Waals surface area contributed by atoms with Crippen molar-refractivity contribution in [1.82, 2.24) is 14.1 Å². The van der Waals surface area contributed by atoms with Gasteiger partial charge in [-0.3, -0.25) is 19.7 Å². The Balaban J connectivity index is 1.43. The zero-order valence-corrected chi connectivity index (χ0v) is 24.1. The maximum absolute atomic E-state index is 14.1. The highest BCUT2D eigenvalue weighted by molar-refractivity contribution is 7.89. The predicted octanol–water partition coefficient (Wildman–Crippen LogP) is 1.44. The first kappa shape index (κ1) is 29.9. The van der Waals surface area contributed by atoms with E-state index in [1.54, 1.807) is 18.2 Å². The number of benzene rings is 2. The van der Waals surface area contributed by atoms with Gasteiger partial charge in [-0.25, -0.2) is 13.2 Å². The van der Waals surface area contributed by atoms with E-state index in [1.165, 1.54) is 23.0 Å². The van der Waals surface area contributed by atoms with Crippen LogP contribution >= 0.6 is 0 Å². The molecule has 226 valence electrons. The van der Waals surface area contributed by atoms with Crippen LogP contribution < -0.4 is 4.74 Å². The molecule has 0 unspecified atom stereocenters. The summed E-state index contributed by atoms with van der Waals surface area (Å²) >= 11 is 0. The second-order valence-electron chi connectivity index (χ2n) is 10.5.